The van der Waals surface area contributed by atoms with Gasteiger partial charge in [-0.05, 0) is 0 Å². The van der Waals surface area contributed by atoms with Crippen molar-refractivity contribution in [2.75, 3.05) is 0 Å². The number of hydrogen-bond acceptors (Lipinski definition) is 0. The number of benzene rings is 2. The quantitative estimate of drug-likeness (QED) is 0.718. The summed E-state index contributed by atoms with van der Waals surface area (Å²) < 4.78 is 0. The summed E-state index contributed by atoms with van der Waals surface area (Å²) in [5.74, 6) is 0. The maximum atomic E-state index is 6.49. The summed E-state index contributed by atoms with van der Waals surface area (Å²) >= 11 is -1.18. The molecule has 0 heterocycles. The summed E-state index contributed by atoms with van der Waals surface area (Å²) in [6.07, 6.45) is 0. The normalized spacial score (nSPS) is 10.1. The Bertz CT molecular complexity index is 372. The molecule has 2 heteroatoms. The molecule has 2 rings (SSSR count). The van der Waals surface area contributed by atoms with E-state index in [1.807, 2.05) is 12.1 Å². The van der Waals surface area contributed by atoms with Crippen molar-refractivity contribution in [2.45, 2.75) is 10.6 Å². The van der Waals surface area contributed by atoms with Crippen LogP contribution in [-0.4, -0.2) is 13.2 Å². The van der Waals surface area contributed by atoms with Crippen LogP contribution in [0.4, 0.5) is 0 Å². The van der Waals surface area contributed by atoms with Crippen molar-refractivity contribution in [1.29, 1.82) is 0 Å². The van der Waals surface area contributed by atoms with Crippen LogP contribution in [-0.2, 0) is 10.6 Å². The average Bonchev–Trinajstić information content (AvgIpc) is 2.31. The van der Waals surface area contributed by atoms with Gasteiger partial charge in [-0.1, -0.05) is 82.4 Å². The van der Waals surface area contributed by atoms with Crippen molar-refractivity contribution >= 4 is 23.3 Å². The highest BCUT2D eigenvalue weighted by Gasteiger charge is 2.15. The van der Waals surface area contributed by atoms with Gasteiger partial charge in [0, 0.05) is 0 Å². The van der Waals surface area contributed by atoms with E-state index in [0.717, 1.165) is 10.6 Å². The lowest BCUT2D eigenvalue weighted by Gasteiger charge is -2.04. The van der Waals surface area contributed by atoms with Gasteiger partial charge in [0.1, 0.15) is 0 Å². The molecule has 0 nitrogen and oxygen atoms in total. The van der Waals surface area contributed by atoms with E-state index in [1.165, 1.54) is 11.1 Å². The van der Waals surface area contributed by atoms with Crippen LogP contribution in [0.2, 0.25) is 0 Å². The van der Waals surface area contributed by atoms with E-state index in [2.05, 4.69) is 48.5 Å². The van der Waals surface area contributed by atoms with E-state index in [-0.39, 0.29) is 0 Å². The zero-order valence-corrected chi connectivity index (χ0v) is 11.1. The monoisotopic (exact) mass is 244 g/mol. The fourth-order valence-electron chi connectivity index (χ4n) is 1.81. The molecule has 0 N–H and O–H groups in total. The topological polar surface area (TPSA) is 0 Å². The molecule has 0 saturated carbocycles. The standard InChI is InChI=1S/2C7H7.Al.ClH/c2*1-7-5-3-2-4-6-7;;/h2*2-6H,1H2;;1H/q;;+1;/p-1. The molecule has 0 unspecified atom stereocenters. The third kappa shape index (κ3) is 3.69. The number of halogens is 1. The molecule has 0 atom stereocenters. The Hall–Kier alpha value is -0.738. The highest BCUT2D eigenvalue weighted by atomic mass is 35.6. The van der Waals surface area contributed by atoms with Crippen molar-refractivity contribution in [3.05, 3.63) is 71.8 Å². The lowest BCUT2D eigenvalue weighted by molar-refractivity contribution is 1.29. The molecule has 0 aliphatic heterocycles. The Morgan fingerprint density at radius 1 is 0.688 bits per heavy atom. The summed E-state index contributed by atoms with van der Waals surface area (Å²) in [4.78, 5) is 0. The zero-order valence-electron chi connectivity index (χ0n) is 9.14. The largest absolute Gasteiger partial charge is 0.408 e. The molecule has 0 fully saturated rings. The minimum Gasteiger partial charge on any atom is -0.260 e. The van der Waals surface area contributed by atoms with Gasteiger partial charge >= 0.3 is 13.2 Å². The smallest absolute Gasteiger partial charge is 0.260 e. The van der Waals surface area contributed by atoms with Gasteiger partial charge in [-0.15, -0.1) is 0 Å². The molecule has 0 spiro atoms. The first-order valence-electron chi connectivity index (χ1n) is 5.56. The van der Waals surface area contributed by atoms with Crippen LogP contribution in [0.1, 0.15) is 11.1 Å². The van der Waals surface area contributed by atoms with Crippen molar-refractivity contribution in [3.63, 3.8) is 0 Å². The van der Waals surface area contributed by atoms with Gasteiger partial charge in [0.25, 0.3) is 0 Å². The Morgan fingerprint density at radius 2 is 1.06 bits per heavy atom. The lowest BCUT2D eigenvalue weighted by Crippen LogP contribution is -2.13. The first-order valence-corrected chi connectivity index (χ1v) is 8.94. The Kier molecular flexibility index (Phi) is 4.48. The average molecular weight is 245 g/mol. The van der Waals surface area contributed by atoms with Crippen LogP contribution < -0.4 is 0 Å². The SMILES string of the molecule is [Cl][Al]([CH2]c1ccccc1)[CH2]c1ccccc1. The second kappa shape index (κ2) is 6.11. The molecule has 16 heavy (non-hydrogen) atoms. The first kappa shape index (κ1) is 11.7. The van der Waals surface area contributed by atoms with E-state index >= 15 is 0 Å². The molecule has 2 aromatic carbocycles. The van der Waals surface area contributed by atoms with Crippen LogP contribution in [0.15, 0.2) is 60.7 Å². The van der Waals surface area contributed by atoms with Gasteiger partial charge in [-0.25, -0.2) is 0 Å². The van der Waals surface area contributed by atoms with Gasteiger partial charge < -0.3 is 0 Å². The molecule has 0 bridgehead atoms. The van der Waals surface area contributed by atoms with Crippen molar-refractivity contribution in [2.24, 2.45) is 0 Å². The number of hydrogen-bond donors (Lipinski definition) is 0. The summed E-state index contributed by atoms with van der Waals surface area (Å²) in [6, 6.07) is 21.1. The molecule has 80 valence electrons. The van der Waals surface area contributed by atoms with Gasteiger partial charge in [0.15, 0.2) is 0 Å². The van der Waals surface area contributed by atoms with Crippen LogP contribution >= 0.6 is 10.0 Å². The van der Waals surface area contributed by atoms with Crippen molar-refractivity contribution in [1.82, 2.24) is 0 Å². The summed E-state index contributed by atoms with van der Waals surface area (Å²) in [5, 5.41) is 2.13. The van der Waals surface area contributed by atoms with E-state index in [4.69, 9.17) is 10.0 Å². The van der Waals surface area contributed by atoms with E-state index in [0.29, 0.717) is 0 Å². The molecular weight excluding hydrogens is 231 g/mol. The Balaban J connectivity index is 1.92. The summed E-state index contributed by atoms with van der Waals surface area (Å²) in [7, 11) is 6.49. The van der Waals surface area contributed by atoms with Gasteiger partial charge in [0.2, 0.25) is 0 Å². The van der Waals surface area contributed by atoms with E-state index in [9.17, 15) is 0 Å². The fraction of sp³-hybridized carbons (Fsp3) is 0.143. The van der Waals surface area contributed by atoms with Crippen LogP contribution in [0.5, 0.6) is 0 Å². The molecule has 0 radical (unpaired) electrons. The van der Waals surface area contributed by atoms with Gasteiger partial charge in [-0.2, -0.15) is 0 Å². The predicted octanol–water partition coefficient (Wildman–Crippen LogP) is 3.78. The zero-order chi connectivity index (χ0) is 11.2. The van der Waals surface area contributed by atoms with E-state index in [1.54, 1.807) is 0 Å². The van der Waals surface area contributed by atoms with Crippen LogP contribution in [0, 0.1) is 0 Å². The Labute approximate surface area is 105 Å². The van der Waals surface area contributed by atoms with Crippen molar-refractivity contribution in [3.8, 4) is 0 Å². The molecule has 0 aromatic heterocycles. The molecule has 0 aliphatic rings. The third-order valence-electron chi connectivity index (χ3n) is 2.60. The summed E-state index contributed by atoms with van der Waals surface area (Å²) in [5.41, 5.74) is 2.73. The molecular formula is C14H14AlCl. The van der Waals surface area contributed by atoms with Gasteiger partial charge in [0.05, 0.1) is 0 Å². The Morgan fingerprint density at radius 3 is 1.44 bits per heavy atom. The predicted molar refractivity (Wildman–Crippen MR) is 71.9 cm³/mol. The lowest BCUT2D eigenvalue weighted by atomic mass is 10.2. The second-order valence-corrected chi connectivity index (χ2v) is 7.84. The molecule has 0 amide bonds. The van der Waals surface area contributed by atoms with Crippen LogP contribution in [0.3, 0.4) is 0 Å². The third-order valence-corrected chi connectivity index (χ3v) is 5.35. The summed E-state index contributed by atoms with van der Waals surface area (Å²) in [6.45, 7) is 0. The highest BCUT2D eigenvalue weighted by molar-refractivity contribution is 7.06. The molecule has 0 saturated heterocycles. The highest BCUT2D eigenvalue weighted by Crippen LogP contribution is 2.10. The minimum absolute atomic E-state index is 1.07. The first-order chi connectivity index (χ1) is 7.84. The van der Waals surface area contributed by atoms with Crippen LogP contribution in [0.25, 0.3) is 0 Å². The molecule has 0 aliphatic carbocycles. The van der Waals surface area contributed by atoms with Crippen molar-refractivity contribution < 1.29 is 0 Å². The van der Waals surface area contributed by atoms with E-state index < -0.39 is 13.2 Å². The molecule has 2 aromatic rings. The van der Waals surface area contributed by atoms with Gasteiger partial charge in [-0.3, -0.25) is 10.0 Å². The number of rotatable bonds is 4. The maximum Gasteiger partial charge on any atom is 0.408 e. The fourth-order valence-corrected chi connectivity index (χ4v) is 4.59. The maximum absolute atomic E-state index is 6.49. The minimum atomic E-state index is -1.18. The second-order valence-electron chi connectivity index (χ2n) is 3.98.